The van der Waals surface area contributed by atoms with Gasteiger partial charge in [0.05, 0.1) is 17.8 Å². The lowest BCUT2D eigenvalue weighted by molar-refractivity contribution is 0.302. The molecule has 3 aromatic carbocycles. The predicted molar refractivity (Wildman–Crippen MR) is 140 cm³/mol. The van der Waals surface area contributed by atoms with E-state index in [1.165, 1.54) is 6.20 Å². The molecule has 0 radical (unpaired) electrons. The summed E-state index contributed by atoms with van der Waals surface area (Å²) in [5.41, 5.74) is 4.46. The average molecular weight is 480 g/mol. The first-order valence-electron chi connectivity index (χ1n) is 11.2. The molecule has 0 atom stereocenters. The van der Waals surface area contributed by atoms with E-state index in [0.717, 1.165) is 39.0 Å². The van der Waals surface area contributed by atoms with E-state index in [9.17, 15) is 4.79 Å². The van der Waals surface area contributed by atoms with E-state index >= 15 is 0 Å². The van der Waals surface area contributed by atoms with Gasteiger partial charge in [-0.3, -0.25) is 4.57 Å². The van der Waals surface area contributed by atoms with Gasteiger partial charge in [0.15, 0.2) is 0 Å². The molecule has 2 aromatic heterocycles. The van der Waals surface area contributed by atoms with Crippen molar-refractivity contribution >= 4 is 34.2 Å². The van der Waals surface area contributed by atoms with Gasteiger partial charge in [-0.25, -0.2) is 14.8 Å². The lowest BCUT2D eigenvalue weighted by Crippen LogP contribution is -2.22. The van der Waals surface area contributed by atoms with Crippen LogP contribution in [0.25, 0.3) is 22.6 Å². The van der Waals surface area contributed by atoms with E-state index in [2.05, 4.69) is 16.0 Å². The number of fused-ring (bicyclic) bond motifs is 1. The first-order chi connectivity index (χ1) is 17.1. The molecular formula is C29H22ClN3O2. The van der Waals surface area contributed by atoms with Crippen LogP contribution in [0.5, 0.6) is 5.75 Å². The molecule has 0 spiro atoms. The first kappa shape index (κ1) is 22.6. The van der Waals surface area contributed by atoms with Crippen LogP contribution in [0, 0.1) is 0 Å². The van der Waals surface area contributed by atoms with E-state index in [0.29, 0.717) is 18.2 Å². The fraction of sp³-hybridized carbons (Fsp3) is 0.0690. The minimum absolute atomic E-state index is 0.294. The molecule has 5 aromatic rings. The van der Waals surface area contributed by atoms with Crippen molar-refractivity contribution in [3.63, 3.8) is 0 Å². The van der Waals surface area contributed by atoms with E-state index in [-0.39, 0.29) is 5.69 Å². The largest absolute Gasteiger partial charge is 0.487 e. The highest BCUT2D eigenvalue weighted by Gasteiger charge is 2.07. The molecule has 0 aliphatic carbocycles. The second-order valence-electron chi connectivity index (χ2n) is 8.06. The number of aromatic nitrogens is 3. The van der Waals surface area contributed by atoms with E-state index in [1.54, 1.807) is 16.8 Å². The second-order valence-corrected chi connectivity index (χ2v) is 8.50. The average Bonchev–Trinajstić information content (AvgIpc) is 2.90. The molecule has 0 fully saturated rings. The molecule has 172 valence electrons. The summed E-state index contributed by atoms with van der Waals surface area (Å²) in [5, 5.41) is 1.78. The monoisotopic (exact) mass is 479 g/mol. The maximum Gasteiger partial charge on any atom is 0.347 e. The van der Waals surface area contributed by atoms with Crippen molar-refractivity contribution in [1.29, 1.82) is 0 Å². The number of nitrogens with zero attached hydrogens (tertiary/aromatic N) is 3. The van der Waals surface area contributed by atoms with Crippen LogP contribution in [0.3, 0.4) is 0 Å². The summed E-state index contributed by atoms with van der Waals surface area (Å²) in [5.74, 6) is 0.744. The summed E-state index contributed by atoms with van der Waals surface area (Å²) in [6.07, 6.45) is 5.28. The van der Waals surface area contributed by atoms with Crippen molar-refractivity contribution < 1.29 is 4.74 Å². The highest BCUT2D eigenvalue weighted by atomic mass is 35.5. The summed E-state index contributed by atoms with van der Waals surface area (Å²) in [4.78, 5) is 20.7. The van der Waals surface area contributed by atoms with Crippen molar-refractivity contribution in [3.05, 3.63) is 136 Å². The fourth-order valence-corrected chi connectivity index (χ4v) is 3.91. The number of hydrogen-bond acceptors (Lipinski definition) is 4. The zero-order valence-electron chi connectivity index (χ0n) is 18.8. The van der Waals surface area contributed by atoms with Crippen molar-refractivity contribution in [2.75, 3.05) is 0 Å². The Labute approximate surface area is 208 Å². The Morgan fingerprint density at radius 1 is 0.914 bits per heavy atom. The number of pyridine rings is 1. The van der Waals surface area contributed by atoms with Gasteiger partial charge in [-0.05, 0) is 65.2 Å². The number of para-hydroxylation sites is 1. The van der Waals surface area contributed by atoms with Crippen LogP contribution in [-0.2, 0) is 13.2 Å². The standard InChI is InChI=1S/C29H22ClN3O2/c30-25-11-6-21(7-12-25)18-24(19-33-17-3-16-31-29(33)34)22-9-14-27(15-10-22)35-20-26-13-8-23-4-1-2-5-28(23)32-26/h1-18H,19-20H2/b24-18-. The zero-order chi connectivity index (χ0) is 24.0. The van der Waals surface area contributed by atoms with Crippen LogP contribution in [-0.4, -0.2) is 14.5 Å². The third kappa shape index (κ3) is 5.65. The lowest BCUT2D eigenvalue weighted by atomic mass is 10.0. The summed E-state index contributed by atoms with van der Waals surface area (Å²) in [7, 11) is 0. The van der Waals surface area contributed by atoms with Gasteiger partial charge in [-0.1, -0.05) is 60.1 Å². The van der Waals surface area contributed by atoms with Crippen LogP contribution >= 0.6 is 11.6 Å². The molecule has 5 rings (SSSR count). The van der Waals surface area contributed by atoms with Crippen LogP contribution in [0.15, 0.2) is 108 Å². The molecular weight excluding hydrogens is 458 g/mol. The number of allylic oxidation sites excluding steroid dienone is 1. The second kappa shape index (κ2) is 10.4. The number of halogens is 1. The van der Waals surface area contributed by atoms with Crippen molar-refractivity contribution in [2.45, 2.75) is 13.2 Å². The molecule has 0 saturated heterocycles. The number of hydrogen-bond donors (Lipinski definition) is 0. The minimum atomic E-state index is -0.294. The van der Waals surface area contributed by atoms with Gasteiger partial charge in [-0.2, -0.15) is 0 Å². The number of ether oxygens (including phenoxy) is 1. The van der Waals surface area contributed by atoms with Gasteiger partial charge in [0.1, 0.15) is 12.4 Å². The summed E-state index contributed by atoms with van der Waals surface area (Å²) in [6.45, 7) is 0.763. The van der Waals surface area contributed by atoms with Gasteiger partial charge in [0, 0.05) is 22.8 Å². The number of rotatable bonds is 7. The highest BCUT2D eigenvalue weighted by Crippen LogP contribution is 2.24. The zero-order valence-corrected chi connectivity index (χ0v) is 19.6. The van der Waals surface area contributed by atoms with Crippen molar-refractivity contribution in [1.82, 2.24) is 14.5 Å². The summed E-state index contributed by atoms with van der Waals surface area (Å²) >= 11 is 6.04. The molecule has 6 heteroatoms. The normalized spacial score (nSPS) is 11.5. The van der Waals surface area contributed by atoms with E-state index < -0.39 is 0 Å². The smallest absolute Gasteiger partial charge is 0.347 e. The van der Waals surface area contributed by atoms with E-state index in [4.69, 9.17) is 16.3 Å². The van der Waals surface area contributed by atoms with Crippen LogP contribution in [0.4, 0.5) is 0 Å². The molecule has 0 aliphatic rings. The summed E-state index contributed by atoms with van der Waals surface area (Å²) in [6, 6.07) is 29.2. The topological polar surface area (TPSA) is 57.0 Å². The van der Waals surface area contributed by atoms with Crippen molar-refractivity contribution in [2.24, 2.45) is 0 Å². The van der Waals surface area contributed by atoms with Crippen molar-refractivity contribution in [3.8, 4) is 5.75 Å². The molecule has 0 unspecified atom stereocenters. The molecule has 0 saturated carbocycles. The Bertz CT molecular complexity index is 1540. The molecule has 35 heavy (non-hydrogen) atoms. The SMILES string of the molecule is O=c1ncccn1C/C(=C/c1ccc(Cl)cc1)c1ccc(OCc2ccc3ccccc3n2)cc1. The van der Waals surface area contributed by atoms with Gasteiger partial charge in [-0.15, -0.1) is 0 Å². The minimum Gasteiger partial charge on any atom is -0.487 e. The van der Waals surface area contributed by atoms with Gasteiger partial charge < -0.3 is 4.74 Å². The van der Waals surface area contributed by atoms with Gasteiger partial charge in [0.25, 0.3) is 0 Å². The van der Waals surface area contributed by atoms with Crippen LogP contribution in [0.1, 0.15) is 16.8 Å². The van der Waals surface area contributed by atoms with Crippen LogP contribution < -0.4 is 10.4 Å². The third-order valence-corrected chi connectivity index (χ3v) is 5.85. The first-order valence-corrected chi connectivity index (χ1v) is 11.6. The quantitative estimate of drug-likeness (QED) is 0.258. The Morgan fingerprint density at radius 3 is 2.51 bits per heavy atom. The third-order valence-electron chi connectivity index (χ3n) is 5.60. The fourth-order valence-electron chi connectivity index (χ4n) is 3.78. The number of benzene rings is 3. The molecule has 2 heterocycles. The highest BCUT2D eigenvalue weighted by molar-refractivity contribution is 6.30. The van der Waals surface area contributed by atoms with E-state index in [1.807, 2.05) is 84.9 Å². The Hall–Kier alpha value is -4.22. The molecule has 0 bridgehead atoms. The molecule has 0 aliphatic heterocycles. The Morgan fingerprint density at radius 2 is 1.71 bits per heavy atom. The maximum atomic E-state index is 12.2. The lowest BCUT2D eigenvalue weighted by Gasteiger charge is -2.12. The Balaban J connectivity index is 1.37. The van der Waals surface area contributed by atoms with Crippen LogP contribution in [0.2, 0.25) is 5.02 Å². The molecule has 0 N–H and O–H groups in total. The maximum absolute atomic E-state index is 12.2. The summed E-state index contributed by atoms with van der Waals surface area (Å²) < 4.78 is 7.56. The van der Waals surface area contributed by atoms with Gasteiger partial charge in [0.2, 0.25) is 0 Å². The predicted octanol–water partition coefficient (Wildman–Crippen LogP) is 6.26. The van der Waals surface area contributed by atoms with Gasteiger partial charge >= 0.3 is 5.69 Å². The molecule has 5 nitrogen and oxygen atoms in total. The Kier molecular flexibility index (Phi) is 6.68. The molecule has 0 amide bonds.